The largest absolute Gasteiger partial charge is 0.349 e. The van der Waals surface area contributed by atoms with Gasteiger partial charge in [0.1, 0.15) is 17.4 Å². The van der Waals surface area contributed by atoms with Gasteiger partial charge in [-0.2, -0.15) is 5.10 Å². The number of carbonyl (C=O) groups excluding carboxylic acids is 1. The van der Waals surface area contributed by atoms with Gasteiger partial charge in [-0.25, -0.2) is 14.6 Å². The third kappa shape index (κ3) is 3.08. The van der Waals surface area contributed by atoms with E-state index < -0.39 is 0 Å². The molecule has 2 aromatic rings. The number of hydrogen-bond acceptors (Lipinski definition) is 6. The molecular formula is C17H22N6OS. The first kappa shape index (κ1) is 15.5. The molecule has 3 aliphatic rings. The van der Waals surface area contributed by atoms with E-state index in [0.29, 0.717) is 12.5 Å². The van der Waals surface area contributed by atoms with E-state index in [1.165, 1.54) is 12.8 Å². The minimum atomic E-state index is -0.168. The summed E-state index contributed by atoms with van der Waals surface area (Å²) < 4.78 is 1.83. The van der Waals surface area contributed by atoms with Gasteiger partial charge in [-0.15, -0.1) is 11.3 Å². The van der Waals surface area contributed by atoms with Crippen LogP contribution >= 0.6 is 11.3 Å². The van der Waals surface area contributed by atoms with E-state index in [-0.39, 0.29) is 11.4 Å². The van der Waals surface area contributed by atoms with Crippen molar-refractivity contribution >= 4 is 17.2 Å². The number of amides is 1. The van der Waals surface area contributed by atoms with Crippen LogP contribution in [0, 0.1) is 0 Å². The Labute approximate surface area is 150 Å². The van der Waals surface area contributed by atoms with Gasteiger partial charge < -0.3 is 5.32 Å². The molecular weight excluding hydrogens is 336 g/mol. The fourth-order valence-corrected chi connectivity index (χ4v) is 4.60. The number of rotatable bonds is 3. The number of nitrogens with one attached hydrogen (secondary N) is 1. The van der Waals surface area contributed by atoms with Gasteiger partial charge in [-0.05, 0) is 25.7 Å². The molecule has 0 bridgehead atoms. The van der Waals surface area contributed by atoms with Crippen LogP contribution in [0.5, 0.6) is 0 Å². The second-order valence-electron chi connectivity index (χ2n) is 7.53. The van der Waals surface area contributed by atoms with Crippen molar-refractivity contribution < 1.29 is 4.79 Å². The van der Waals surface area contributed by atoms with Crippen molar-refractivity contribution in [3.8, 4) is 0 Å². The summed E-state index contributed by atoms with van der Waals surface area (Å²) in [7, 11) is 0. The normalized spacial score (nSPS) is 23.3. The third-order valence-electron chi connectivity index (χ3n) is 5.56. The molecule has 0 atom stereocenters. The van der Waals surface area contributed by atoms with Crippen LogP contribution in [0.1, 0.15) is 48.3 Å². The van der Waals surface area contributed by atoms with Crippen molar-refractivity contribution in [3.05, 3.63) is 28.2 Å². The fraction of sp³-hybridized carbons (Fsp3) is 0.647. The first-order chi connectivity index (χ1) is 12.2. The SMILES string of the molecule is O=C1Cn2nc(C3CC3)nc2CC2(CCN(Cc3nccs3)CC2)N1. The second-order valence-corrected chi connectivity index (χ2v) is 8.50. The maximum Gasteiger partial charge on any atom is 0.242 e. The minimum Gasteiger partial charge on any atom is -0.349 e. The summed E-state index contributed by atoms with van der Waals surface area (Å²) in [4.78, 5) is 24.0. The van der Waals surface area contributed by atoms with Gasteiger partial charge in [0.2, 0.25) is 5.91 Å². The quantitative estimate of drug-likeness (QED) is 0.896. The van der Waals surface area contributed by atoms with Crippen molar-refractivity contribution in [2.45, 2.75) is 56.7 Å². The lowest BCUT2D eigenvalue weighted by Gasteiger charge is -2.41. The number of likely N-dealkylation sites (tertiary alicyclic amines) is 1. The van der Waals surface area contributed by atoms with E-state index in [9.17, 15) is 4.79 Å². The summed E-state index contributed by atoms with van der Waals surface area (Å²) in [5, 5.41) is 11.1. The van der Waals surface area contributed by atoms with Crippen LogP contribution in [0.3, 0.4) is 0 Å². The van der Waals surface area contributed by atoms with Crippen LogP contribution in [0.25, 0.3) is 0 Å². The van der Waals surface area contributed by atoms with Crippen molar-refractivity contribution in [3.63, 3.8) is 0 Å². The van der Waals surface area contributed by atoms with E-state index in [1.54, 1.807) is 11.3 Å². The van der Waals surface area contributed by atoms with Crippen molar-refractivity contribution in [2.75, 3.05) is 13.1 Å². The number of carbonyl (C=O) groups is 1. The molecule has 2 fully saturated rings. The average molecular weight is 358 g/mol. The zero-order chi connectivity index (χ0) is 16.9. The molecule has 1 saturated heterocycles. The Kier molecular flexibility index (Phi) is 3.63. The molecule has 1 spiro atoms. The van der Waals surface area contributed by atoms with E-state index in [0.717, 1.165) is 55.6 Å². The van der Waals surface area contributed by atoms with E-state index in [2.05, 4.69) is 20.3 Å². The summed E-state index contributed by atoms with van der Waals surface area (Å²) in [6.07, 6.45) is 6.94. The monoisotopic (exact) mass is 358 g/mol. The number of thiazole rings is 1. The highest BCUT2D eigenvalue weighted by molar-refractivity contribution is 7.09. The summed E-state index contributed by atoms with van der Waals surface area (Å²) in [5.74, 6) is 2.52. The predicted octanol–water partition coefficient (Wildman–Crippen LogP) is 1.32. The van der Waals surface area contributed by atoms with Crippen molar-refractivity contribution in [1.82, 2.24) is 30.0 Å². The Bertz CT molecular complexity index is 773. The number of hydrogen-bond donors (Lipinski definition) is 1. The highest BCUT2D eigenvalue weighted by Crippen LogP contribution is 2.39. The Morgan fingerprint density at radius 2 is 2.16 bits per heavy atom. The standard InChI is InChI=1S/C17H22N6OS/c24-14-10-23-13(19-16(21-23)12-1-2-12)9-17(20-14)3-6-22(7-4-17)11-15-18-5-8-25-15/h5,8,12H,1-4,6-7,9-11H2,(H,20,24). The molecule has 25 heavy (non-hydrogen) atoms. The fourth-order valence-electron chi connectivity index (χ4n) is 3.95. The molecule has 1 N–H and O–H groups in total. The van der Waals surface area contributed by atoms with E-state index in [4.69, 9.17) is 4.98 Å². The molecule has 5 rings (SSSR count). The third-order valence-corrected chi connectivity index (χ3v) is 6.32. The van der Waals surface area contributed by atoms with Gasteiger partial charge >= 0.3 is 0 Å². The van der Waals surface area contributed by atoms with Crippen LogP contribution in [0.15, 0.2) is 11.6 Å². The molecule has 0 radical (unpaired) electrons. The zero-order valence-electron chi connectivity index (χ0n) is 14.1. The first-order valence-electron chi connectivity index (χ1n) is 9.04. The summed E-state index contributed by atoms with van der Waals surface area (Å²) in [6.45, 7) is 3.16. The summed E-state index contributed by atoms with van der Waals surface area (Å²) in [5.41, 5.74) is -0.168. The maximum atomic E-state index is 12.4. The number of nitrogens with zero attached hydrogens (tertiary/aromatic N) is 5. The maximum absolute atomic E-state index is 12.4. The topological polar surface area (TPSA) is 75.9 Å². The minimum absolute atomic E-state index is 0.0689. The van der Waals surface area contributed by atoms with Crippen LogP contribution in [-0.2, 0) is 24.3 Å². The molecule has 1 saturated carbocycles. The molecule has 1 amide bonds. The molecule has 7 nitrogen and oxygen atoms in total. The summed E-state index contributed by atoms with van der Waals surface area (Å²) in [6, 6.07) is 0. The molecule has 2 aliphatic heterocycles. The van der Waals surface area contributed by atoms with E-state index >= 15 is 0 Å². The van der Waals surface area contributed by atoms with Gasteiger partial charge in [0.05, 0.1) is 6.54 Å². The Morgan fingerprint density at radius 1 is 1.32 bits per heavy atom. The van der Waals surface area contributed by atoms with E-state index in [1.807, 2.05) is 16.3 Å². The molecule has 1 aliphatic carbocycles. The number of piperidine rings is 1. The zero-order valence-corrected chi connectivity index (χ0v) is 15.0. The first-order valence-corrected chi connectivity index (χ1v) is 9.92. The van der Waals surface area contributed by atoms with Crippen LogP contribution < -0.4 is 5.32 Å². The average Bonchev–Trinajstić information content (AvgIpc) is 3.22. The highest BCUT2D eigenvalue weighted by Gasteiger charge is 2.40. The predicted molar refractivity (Wildman–Crippen MR) is 93.2 cm³/mol. The van der Waals surface area contributed by atoms with Crippen LogP contribution in [0.2, 0.25) is 0 Å². The van der Waals surface area contributed by atoms with Gasteiger partial charge in [-0.1, -0.05) is 0 Å². The lowest BCUT2D eigenvalue weighted by molar-refractivity contribution is -0.123. The van der Waals surface area contributed by atoms with Crippen LogP contribution in [-0.4, -0.2) is 49.2 Å². The van der Waals surface area contributed by atoms with Gasteiger partial charge in [0, 0.05) is 42.5 Å². The molecule has 8 heteroatoms. The lowest BCUT2D eigenvalue weighted by Crippen LogP contribution is -2.56. The number of aromatic nitrogens is 4. The van der Waals surface area contributed by atoms with Crippen molar-refractivity contribution in [2.24, 2.45) is 0 Å². The van der Waals surface area contributed by atoms with Gasteiger partial charge in [0.15, 0.2) is 5.82 Å². The van der Waals surface area contributed by atoms with Crippen LogP contribution in [0.4, 0.5) is 0 Å². The molecule has 0 unspecified atom stereocenters. The molecule has 132 valence electrons. The molecule has 4 heterocycles. The Balaban J connectivity index is 1.32. The van der Waals surface area contributed by atoms with Crippen molar-refractivity contribution in [1.29, 1.82) is 0 Å². The lowest BCUT2D eigenvalue weighted by atomic mass is 9.84. The Hall–Kier alpha value is -1.80. The van der Waals surface area contributed by atoms with Gasteiger partial charge in [0.25, 0.3) is 0 Å². The smallest absolute Gasteiger partial charge is 0.242 e. The van der Waals surface area contributed by atoms with Gasteiger partial charge in [-0.3, -0.25) is 9.69 Å². The molecule has 2 aromatic heterocycles. The Morgan fingerprint density at radius 3 is 2.88 bits per heavy atom. The summed E-state index contributed by atoms with van der Waals surface area (Å²) >= 11 is 1.71. The molecule has 0 aromatic carbocycles. The highest BCUT2D eigenvalue weighted by atomic mass is 32.1. The number of fused-ring (bicyclic) bond motifs is 1. The second kappa shape index (κ2) is 5.88.